The summed E-state index contributed by atoms with van der Waals surface area (Å²) < 4.78 is 0. The third kappa shape index (κ3) is 2.85. The minimum atomic E-state index is 0.268. The quantitative estimate of drug-likeness (QED) is 0.865. The van der Waals surface area contributed by atoms with Crippen molar-refractivity contribution in [2.24, 2.45) is 0 Å². The highest BCUT2D eigenvalue weighted by Crippen LogP contribution is 2.22. The van der Waals surface area contributed by atoms with Crippen LogP contribution >= 0.6 is 0 Å². The van der Waals surface area contributed by atoms with E-state index in [0.29, 0.717) is 0 Å². The lowest BCUT2D eigenvalue weighted by atomic mass is 9.94. The van der Waals surface area contributed by atoms with Crippen LogP contribution in [0.15, 0.2) is 18.2 Å². The first-order chi connectivity index (χ1) is 8.14. The normalized spacial score (nSPS) is 26.1. The van der Waals surface area contributed by atoms with E-state index in [2.05, 4.69) is 54.2 Å². The molecule has 3 heteroatoms. The number of hydrogen-bond acceptors (Lipinski definition) is 3. The number of rotatable bonds is 3. The molecule has 17 heavy (non-hydrogen) atoms. The maximum atomic E-state index is 4.61. The highest BCUT2D eigenvalue weighted by atomic mass is 15.3. The topological polar surface area (TPSA) is 28.2 Å². The van der Waals surface area contributed by atoms with Crippen molar-refractivity contribution in [3.8, 4) is 0 Å². The highest BCUT2D eigenvalue weighted by Gasteiger charge is 2.32. The van der Waals surface area contributed by atoms with Crippen LogP contribution in [0.5, 0.6) is 0 Å². The number of piperazine rings is 1. The van der Waals surface area contributed by atoms with Gasteiger partial charge in [0, 0.05) is 37.4 Å². The number of pyridine rings is 1. The first-order valence-corrected chi connectivity index (χ1v) is 6.52. The fourth-order valence-electron chi connectivity index (χ4n) is 2.46. The Morgan fingerprint density at radius 3 is 3.00 bits per heavy atom. The molecular formula is C14H23N3. The Labute approximate surface area is 104 Å². The van der Waals surface area contributed by atoms with Crippen LogP contribution in [-0.2, 0) is 6.54 Å². The zero-order valence-electron chi connectivity index (χ0n) is 11.2. The fraction of sp³-hybridized carbons (Fsp3) is 0.643. The fourth-order valence-corrected chi connectivity index (χ4v) is 2.46. The second-order valence-electron chi connectivity index (χ2n) is 5.22. The minimum absolute atomic E-state index is 0.268. The third-order valence-corrected chi connectivity index (χ3v) is 3.89. The molecule has 3 nitrogen and oxygen atoms in total. The summed E-state index contributed by atoms with van der Waals surface area (Å²) in [6, 6.07) is 6.29. The van der Waals surface area contributed by atoms with Crippen LogP contribution in [0.4, 0.5) is 0 Å². The number of aryl methyl sites for hydroxylation is 1. The number of aromatic nitrogens is 1. The Hall–Kier alpha value is -0.930. The average molecular weight is 233 g/mol. The van der Waals surface area contributed by atoms with Gasteiger partial charge in [-0.2, -0.15) is 0 Å². The largest absolute Gasteiger partial charge is 0.314 e. The van der Waals surface area contributed by atoms with E-state index in [-0.39, 0.29) is 5.54 Å². The predicted molar refractivity (Wildman–Crippen MR) is 70.9 cm³/mol. The Kier molecular flexibility index (Phi) is 3.79. The molecule has 0 radical (unpaired) electrons. The third-order valence-electron chi connectivity index (χ3n) is 3.89. The zero-order chi connectivity index (χ0) is 12.3. The van der Waals surface area contributed by atoms with Crippen LogP contribution < -0.4 is 5.32 Å². The zero-order valence-corrected chi connectivity index (χ0v) is 11.2. The highest BCUT2D eigenvalue weighted by molar-refractivity contribution is 5.10. The summed E-state index contributed by atoms with van der Waals surface area (Å²) >= 11 is 0. The smallest absolute Gasteiger partial charge is 0.0547 e. The molecule has 0 aromatic carbocycles. The summed E-state index contributed by atoms with van der Waals surface area (Å²) in [4.78, 5) is 7.17. The average Bonchev–Trinajstić information content (AvgIpc) is 2.32. The van der Waals surface area contributed by atoms with Gasteiger partial charge in [-0.15, -0.1) is 0 Å². The molecule has 0 spiro atoms. The molecule has 1 atom stereocenters. The molecule has 0 saturated carbocycles. The summed E-state index contributed by atoms with van der Waals surface area (Å²) in [6.45, 7) is 10.9. The lowest BCUT2D eigenvalue weighted by Crippen LogP contribution is -2.58. The van der Waals surface area contributed by atoms with Gasteiger partial charge in [-0.3, -0.25) is 9.88 Å². The van der Waals surface area contributed by atoms with Crippen molar-refractivity contribution in [2.75, 3.05) is 19.6 Å². The van der Waals surface area contributed by atoms with Crippen LogP contribution in [-0.4, -0.2) is 35.1 Å². The van der Waals surface area contributed by atoms with Gasteiger partial charge in [-0.1, -0.05) is 13.0 Å². The molecule has 1 fully saturated rings. The van der Waals surface area contributed by atoms with Gasteiger partial charge in [0.05, 0.1) is 5.69 Å². The van der Waals surface area contributed by atoms with Crippen LogP contribution in [0.1, 0.15) is 31.7 Å². The Morgan fingerprint density at radius 2 is 2.29 bits per heavy atom. The van der Waals surface area contributed by atoms with Gasteiger partial charge >= 0.3 is 0 Å². The molecule has 1 aliphatic rings. The molecule has 1 N–H and O–H groups in total. The van der Waals surface area contributed by atoms with Crippen LogP contribution in [0.3, 0.4) is 0 Å². The molecule has 1 saturated heterocycles. The first-order valence-electron chi connectivity index (χ1n) is 6.52. The van der Waals surface area contributed by atoms with Crippen molar-refractivity contribution in [3.05, 3.63) is 29.6 Å². The van der Waals surface area contributed by atoms with Crippen LogP contribution in [0.25, 0.3) is 0 Å². The second-order valence-corrected chi connectivity index (χ2v) is 5.22. The molecule has 1 aromatic heterocycles. The van der Waals surface area contributed by atoms with Gasteiger partial charge in [0.1, 0.15) is 0 Å². The maximum absolute atomic E-state index is 4.61. The summed E-state index contributed by atoms with van der Waals surface area (Å²) in [7, 11) is 0. The SMILES string of the molecule is CCC1(C)CNCCN1Cc1cccc(C)n1. The monoisotopic (exact) mass is 233 g/mol. The van der Waals surface area contributed by atoms with Crippen LogP contribution in [0.2, 0.25) is 0 Å². The standard InChI is InChI=1S/C14H23N3/c1-4-14(3)11-15-8-9-17(14)10-13-7-5-6-12(2)16-13/h5-7,15H,4,8-11H2,1-3H3. The molecule has 0 bridgehead atoms. The maximum Gasteiger partial charge on any atom is 0.0547 e. The summed E-state index contributed by atoms with van der Waals surface area (Å²) in [5.74, 6) is 0. The predicted octanol–water partition coefficient (Wildman–Crippen LogP) is 1.96. The molecule has 1 unspecified atom stereocenters. The number of nitrogens with zero attached hydrogens (tertiary/aromatic N) is 2. The van der Waals surface area contributed by atoms with Gasteiger partial charge in [-0.25, -0.2) is 0 Å². The van der Waals surface area contributed by atoms with Crippen molar-refractivity contribution < 1.29 is 0 Å². The van der Waals surface area contributed by atoms with E-state index in [1.54, 1.807) is 0 Å². The summed E-state index contributed by atoms with van der Waals surface area (Å²) in [5, 5.41) is 3.49. The van der Waals surface area contributed by atoms with Crippen molar-refractivity contribution >= 4 is 0 Å². The molecule has 1 aromatic rings. The van der Waals surface area contributed by atoms with Gasteiger partial charge in [0.25, 0.3) is 0 Å². The Bertz CT molecular complexity index is 377. The van der Waals surface area contributed by atoms with Gasteiger partial charge in [0.15, 0.2) is 0 Å². The lowest BCUT2D eigenvalue weighted by Gasteiger charge is -2.44. The Morgan fingerprint density at radius 1 is 1.47 bits per heavy atom. The summed E-state index contributed by atoms with van der Waals surface area (Å²) in [5.41, 5.74) is 2.56. The van der Waals surface area contributed by atoms with E-state index in [1.165, 1.54) is 12.1 Å². The van der Waals surface area contributed by atoms with Crippen molar-refractivity contribution in [1.82, 2.24) is 15.2 Å². The van der Waals surface area contributed by atoms with E-state index in [9.17, 15) is 0 Å². The molecule has 0 amide bonds. The molecular weight excluding hydrogens is 210 g/mol. The molecule has 94 valence electrons. The van der Waals surface area contributed by atoms with E-state index in [0.717, 1.165) is 31.9 Å². The van der Waals surface area contributed by atoms with Crippen LogP contribution in [0, 0.1) is 6.92 Å². The van der Waals surface area contributed by atoms with E-state index >= 15 is 0 Å². The van der Waals surface area contributed by atoms with Gasteiger partial charge in [-0.05, 0) is 32.4 Å². The van der Waals surface area contributed by atoms with Crippen molar-refractivity contribution in [2.45, 2.75) is 39.3 Å². The van der Waals surface area contributed by atoms with Crippen molar-refractivity contribution in [1.29, 1.82) is 0 Å². The minimum Gasteiger partial charge on any atom is -0.314 e. The molecule has 2 heterocycles. The van der Waals surface area contributed by atoms with Gasteiger partial charge < -0.3 is 5.32 Å². The van der Waals surface area contributed by atoms with Gasteiger partial charge in [0.2, 0.25) is 0 Å². The number of nitrogens with one attached hydrogen (secondary N) is 1. The molecule has 0 aliphatic carbocycles. The van der Waals surface area contributed by atoms with E-state index in [4.69, 9.17) is 0 Å². The van der Waals surface area contributed by atoms with Crippen molar-refractivity contribution in [3.63, 3.8) is 0 Å². The first kappa shape index (κ1) is 12.5. The van der Waals surface area contributed by atoms with E-state index in [1.807, 2.05) is 0 Å². The second kappa shape index (κ2) is 5.15. The molecule has 2 rings (SSSR count). The van der Waals surface area contributed by atoms with E-state index < -0.39 is 0 Å². The lowest BCUT2D eigenvalue weighted by molar-refractivity contribution is 0.0625. The Balaban J connectivity index is 2.11. The molecule has 1 aliphatic heterocycles. The number of hydrogen-bond donors (Lipinski definition) is 1. The summed E-state index contributed by atoms with van der Waals surface area (Å²) in [6.07, 6.45) is 1.17.